The van der Waals surface area contributed by atoms with Crippen LogP contribution in [0.1, 0.15) is 23.7 Å². The Hall–Kier alpha value is -2.54. The summed E-state index contributed by atoms with van der Waals surface area (Å²) in [5, 5.41) is 11.9. The number of carbonyl (C=O) groups is 1. The van der Waals surface area contributed by atoms with Gasteiger partial charge in [0.15, 0.2) is 16.7 Å². The van der Waals surface area contributed by atoms with Gasteiger partial charge in [0.25, 0.3) is 0 Å². The van der Waals surface area contributed by atoms with E-state index in [0.29, 0.717) is 22.8 Å². The van der Waals surface area contributed by atoms with Crippen LogP contribution < -0.4 is 5.32 Å². The number of hydrogen-bond donors (Lipinski definition) is 1. The van der Waals surface area contributed by atoms with Gasteiger partial charge in [0, 0.05) is 13.1 Å². The normalized spacial score (nSPS) is 15.1. The van der Waals surface area contributed by atoms with Gasteiger partial charge in [-0.2, -0.15) is 0 Å². The van der Waals surface area contributed by atoms with Crippen molar-refractivity contribution in [2.75, 3.05) is 0 Å². The molecule has 0 radical (unpaired) electrons. The smallest absolute Gasteiger partial charge is 0.238 e. The lowest BCUT2D eigenvalue weighted by atomic mass is 10.1. The lowest BCUT2D eigenvalue weighted by molar-refractivity contribution is -0.120. The number of carbonyl (C=O) groups excluding carboxylic acids is 1. The van der Waals surface area contributed by atoms with Crippen LogP contribution in [0.2, 0.25) is 0 Å². The average Bonchev–Trinajstić information content (AvgIpc) is 3.14. The molecule has 1 saturated carbocycles. The Bertz CT molecular complexity index is 857. The minimum atomic E-state index is -0.367. The predicted octanol–water partition coefficient (Wildman–Crippen LogP) is 3.19. The van der Waals surface area contributed by atoms with Crippen LogP contribution in [0.25, 0.3) is 11.6 Å². The molecule has 1 aromatic carbocycles. The monoisotopic (exact) mass is 354 g/mol. The molecule has 7 heteroatoms. The minimum absolute atomic E-state index is 0.0150. The van der Waals surface area contributed by atoms with E-state index in [-0.39, 0.29) is 11.2 Å². The molecule has 1 amide bonds. The van der Waals surface area contributed by atoms with Crippen molar-refractivity contribution >= 4 is 17.7 Å². The number of benzene rings is 1. The molecule has 0 spiro atoms. The van der Waals surface area contributed by atoms with E-state index >= 15 is 0 Å². The van der Waals surface area contributed by atoms with Gasteiger partial charge in [-0.25, -0.2) is 0 Å². The van der Waals surface area contributed by atoms with Crippen LogP contribution >= 0.6 is 11.8 Å². The van der Waals surface area contributed by atoms with Crippen LogP contribution in [0.4, 0.5) is 0 Å². The molecule has 1 N–H and O–H groups in total. The molecular weight excluding hydrogens is 336 g/mol. The third-order valence-electron chi connectivity index (χ3n) is 4.06. The number of furan rings is 1. The highest BCUT2D eigenvalue weighted by atomic mass is 32.2. The van der Waals surface area contributed by atoms with E-state index in [1.165, 1.54) is 11.8 Å². The Morgan fingerprint density at radius 3 is 2.72 bits per heavy atom. The lowest BCUT2D eigenvalue weighted by Gasteiger charge is -2.16. The van der Waals surface area contributed by atoms with Crippen molar-refractivity contribution in [3.63, 3.8) is 0 Å². The van der Waals surface area contributed by atoms with Crippen LogP contribution in [-0.4, -0.2) is 26.7 Å². The van der Waals surface area contributed by atoms with Crippen LogP contribution in [0, 0.1) is 0 Å². The molecule has 1 unspecified atom stereocenters. The fourth-order valence-corrected chi connectivity index (χ4v) is 3.56. The molecule has 1 fully saturated rings. The Morgan fingerprint density at radius 2 is 2.04 bits per heavy atom. The zero-order valence-electron chi connectivity index (χ0n) is 13.8. The van der Waals surface area contributed by atoms with Crippen molar-refractivity contribution in [3.05, 3.63) is 54.3 Å². The van der Waals surface area contributed by atoms with E-state index in [2.05, 4.69) is 15.5 Å². The molecule has 128 valence electrons. The lowest BCUT2D eigenvalue weighted by Crippen LogP contribution is -2.29. The third-order valence-corrected chi connectivity index (χ3v) is 5.35. The topological polar surface area (TPSA) is 73.0 Å². The van der Waals surface area contributed by atoms with Gasteiger partial charge in [0.05, 0.1) is 6.26 Å². The minimum Gasteiger partial charge on any atom is -0.461 e. The molecule has 2 heterocycles. The molecule has 4 rings (SSSR count). The molecule has 0 saturated heterocycles. The molecule has 2 aromatic heterocycles. The van der Waals surface area contributed by atoms with Crippen LogP contribution in [0.5, 0.6) is 0 Å². The summed E-state index contributed by atoms with van der Waals surface area (Å²) in [6.07, 6.45) is 3.72. The van der Waals surface area contributed by atoms with Gasteiger partial charge in [-0.1, -0.05) is 42.1 Å². The molecule has 25 heavy (non-hydrogen) atoms. The summed E-state index contributed by atoms with van der Waals surface area (Å²) >= 11 is 1.40. The molecule has 0 aliphatic heterocycles. The van der Waals surface area contributed by atoms with E-state index in [1.807, 2.05) is 54.1 Å². The Kier molecular flexibility index (Phi) is 4.31. The zero-order valence-corrected chi connectivity index (χ0v) is 14.6. The van der Waals surface area contributed by atoms with Crippen molar-refractivity contribution in [2.45, 2.75) is 29.3 Å². The summed E-state index contributed by atoms with van der Waals surface area (Å²) in [4.78, 5) is 12.7. The summed E-state index contributed by atoms with van der Waals surface area (Å²) < 4.78 is 7.25. The predicted molar refractivity (Wildman–Crippen MR) is 94.9 cm³/mol. The van der Waals surface area contributed by atoms with Gasteiger partial charge in [-0.05, 0) is 30.5 Å². The standard InChI is InChI=1S/C18H18N4O2S/c1-22-16(14-8-5-11-24-14)20-21-18(22)25-15(12-6-3-2-4-7-12)17(23)19-13-9-10-13/h2-8,11,13,15H,9-10H2,1H3,(H,19,23). The highest BCUT2D eigenvalue weighted by Gasteiger charge is 2.30. The molecule has 0 bridgehead atoms. The van der Waals surface area contributed by atoms with Crippen molar-refractivity contribution in [2.24, 2.45) is 7.05 Å². The van der Waals surface area contributed by atoms with Crippen molar-refractivity contribution < 1.29 is 9.21 Å². The van der Waals surface area contributed by atoms with Crippen LogP contribution in [-0.2, 0) is 11.8 Å². The first-order valence-corrected chi connectivity index (χ1v) is 9.05. The summed E-state index contributed by atoms with van der Waals surface area (Å²) in [5.41, 5.74) is 0.952. The molecule has 3 aromatic rings. The molecule has 1 atom stereocenters. The third kappa shape index (κ3) is 3.46. The summed E-state index contributed by atoms with van der Waals surface area (Å²) in [5.74, 6) is 1.31. The second kappa shape index (κ2) is 6.76. The largest absolute Gasteiger partial charge is 0.461 e. The highest BCUT2D eigenvalue weighted by Crippen LogP contribution is 2.36. The Morgan fingerprint density at radius 1 is 1.24 bits per heavy atom. The maximum Gasteiger partial charge on any atom is 0.238 e. The van der Waals surface area contributed by atoms with E-state index in [0.717, 1.165) is 18.4 Å². The highest BCUT2D eigenvalue weighted by molar-refractivity contribution is 8.00. The van der Waals surface area contributed by atoms with Gasteiger partial charge in [-0.3, -0.25) is 4.79 Å². The molecular formula is C18H18N4O2S. The van der Waals surface area contributed by atoms with E-state index in [9.17, 15) is 4.79 Å². The summed E-state index contributed by atoms with van der Waals surface area (Å²) in [6, 6.07) is 13.7. The van der Waals surface area contributed by atoms with Crippen molar-refractivity contribution in [3.8, 4) is 11.6 Å². The number of thioether (sulfide) groups is 1. The first-order chi connectivity index (χ1) is 12.2. The van der Waals surface area contributed by atoms with Gasteiger partial charge in [0.2, 0.25) is 5.91 Å². The average molecular weight is 354 g/mol. The van der Waals surface area contributed by atoms with Crippen LogP contribution in [0.15, 0.2) is 58.3 Å². The second-order valence-corrected chi connectivity index (χ2v) is 7.11. The SMILES string of the molecule is Cn1c(SC(C(=O)NC2CC2)c2ccccc2)nnc1-c1ccco1. The van der Waals surface area contributed by atoms with E-state index < -0.39 is 0 Å². The fraction of sp³-hybridized carbons (Fsp3) is 0.278. The van der Waals surface area contributed by atoms with E-state index in [1.54, 1.807) is 6.26 Å². The second-order valence-electron chi connectivity index (χ2n) is 6.03. The first-order valence-electron chi connectivity index (χ1n) is 8.17. The van der Waals surface area contributed by atoms with Crippen molar-refractivity contribution in [1.29, 1.82) is 0 Å². The quantitative estimate of drug-likeness (QED) is 0.688. The van der Waals surface area contributed by atoms with Crippen LogP contribution in [0.3, 0.4) is 0 Å². The number of hydrogen-bond acceptors (Lipinski definition) is 5. The van der Waals surface area contributed by atoms with Gasteiger partial charge >= 0.3 is 0 Å². The maximum atomic E-state index is 12.7. The zero-order chi connectivity index (χ0) is 17.2. The fourth-order valence-electron chi connectivity index (χ4n) is 2.55. The number of rotatable bonds is 6. The number of nitrogens with zero attached hydrogens (tertiary/aromatic N) is 3. The maximum absolute atomic E-state index is 12.7. The Balaban J connectivity index is 1.61. The van der Waals surface area contributed by atoms with Gasteiger partial charge in [-0.15, -0.1) is 10.2 Å². The van der Waals surface area contributed by atoms with Gasteiger partial charge < -0.3 is 14.3 Å². The number of nitrogens with one attached hydrogen (secondary N) is 1. The van der Waals surface area contributed by atoms with Crippen molar-refractivity contribution in [1.82, 2.24) is 20.1 Å². The van der Waals surface area contributed by atoms with Gasteiger partial charge in [0.1, 0.15) is 5.25 Å². The number of aromatic nitrogens is 3. The molecule has 1 aliphatic rings. The Labute approximate surface area is 149 Å². The molecule has 6 nitrogen and oxygen atoms in total. The van der Waals surface area contributed by atoms with E-state index in [4.69, 9.17) is 4.42 Å². The summed E-state index contributed by atoms with van der Waals surface area (Å²) in [6.45, 7) is 0. The number of amides is 1. The first kappa shape index (κ1) is 16.0. The molecule has 1 aliphatic carbocycles. The summed E-state index contributed by atoms with van der Waals surface area (Å²) in [7, 11) is 1.88.